The molecular weight excluding hydrogens is 343 g/mol. The van der Waals surface area contributed by atoms with Crippen molar-refractivity contribution in [2.75, 3.05) is 5.32 Å². The molecule has 0 radical (unpaired) electrons. The molecule has 3 rings (SSSR count). The molecule has 118 valence electrons. The summed E-state index contributed by atoms with van der Waals surface area (Å²) in [5.41, 5.74) is -0.488. The van der Waals surface area contributed by atoms with E-state index < -0.39 is 17.2 Å². The van der Waals surface area contributed by atoms with Crippen LogP contribution in [0.15, 0.2) is 34.0 Å². The summed E-state index contributed by atoms with van der Waals surface area (Å²) in [6.45, 7) is 0. The lowest BCUT2D eigenvalue weighted by Crippen LogP contribution is -2.31. The Hall–Kier alpha value is -2.51. The van der Waals surface area contributed by atoms with Crippen LogP contribution in [0.3, 0.4) is 0 Å². The molecule has 0 saturated carbocycles. The maximum Gasteiger partial charge on any atom is 0.328 e. The maximum absolute atomic E-state index is 12.3. The molecular formula is C14H10Cl2N4O3. The first-order valence-corrected chi connectivity index (χ1v) is 7.20. The van der Waals surface area contributed by atoms with E-state index in [1.807, 2.05) is 0 Å². The van der Waals surface area contributed by atoms with E-state index in [4.69, 9.17) is 23.2 Å². The number of benzene rings is 1. The number of rotatable bonds is 2. The Kier molecular flexibility index (Phi) is 3.75. The van der Waals surface area contributed by atoms with Gasteiger partial charge in [-0.3, -0.25) is 14.6 Å². The lowest BCUT2D eigenvalue weighted by molar-refractivity contribution is 0.102. The second-order valence-electron chi connectivity index (χ2n) is 4.90. The Labute approximate surface area is 138 Å². The Morgan fingerprint density at radius 2 is 1.91 bits per heavy atom. The van der Waals surface area contributed by atoms with Crippen LogP contribution in [0.4, 0.5) is 5.69 Å². The van der Waals surface area contributed by atoms with Crippen molar-refractivity contribution >= 4 is 45.7 Å². The normalized spacial score (nSPS) is 10.9. The fourth-order valence-corrected chi connectivity index (χ4v) is 2.67. The zero-order chi connectivity index (χ0) is 16.7. The summed E-state index contributed by atoms with van der Waals surface area (Å²) in [7, 11) is 1.46. The van der Waals surface area contributed by atoms with Crippen molar-refractivity contribution in [1.82, 2.24) is 14.5 Å². The van der Waals surface area contributed by atoms with Gasteiger partial charge in [-0.25, -0.2) is 4.79 Å². The number of aromatic amines is 2. The molecule has 0 fully saturated rings. The number of carbonyl (C=O) groups excluding carboxylic acids is 1. The maximum atomic E-state index is 12.3. The fourth-order valence-electron chi connectivity index (χ4n) is 2.12. The average Bonchev–Trinajstić information content (AvgIpc) is 2.89. The van der Waals surface area contributed by atoms with Crippen LogP contribution in [0, 0.1) is 0 Å². The second kappa shape index (κ2) is 5.60. The van der Waals surface area contributed by atoms with E-state index in [9.17, 15) is 14.4 Å². The van der Waals surface area contributed by atoms with Crippen LogP contribution >= 0.6 is 23.2 Å². The second-order valence-corrected chi connectivity index (χ2v) is 5.74. The predicted octanol–water partition coefficient (Wildman–Crippen LogP) is 2.11. The van der Waals surface area contributed by atoms with Gasteiger partial charge in [0.15, 0.2) is 0 Å². The molecule has 0 aliphatic heterocycles. The van der Waals surface area contributed by atoms with Crippen molar-refractivity contribution in [3.8, 4) is 0 Å². The summed E-state index contributed by atoms with van der Waals surface area (Å²) >= 11 is 12.0. The molecule has 2 aromatic heterocycles. The van der Waals surface area contributed by atoms with Gasteiger partial charge in [0.1, 0.15) is 11.4 Å². The smallest absolute Gasteiger partial charge is 0.328 e. The summed E-state index contributed by atoms with van der Waals surface area (Å²) in [5, 5.41) is 3.92. The quantitative estimate of drug-likeness (QED) is 0.658. The van der Waals surface area contributed by atoms with Crippen LogP contribution < -0.4 is 16.6 Å². The molecule has 3 N–H and O–H groups in total. The first kappa shape index (κ1) is 15.4. The van der Waals surface area contributed by atoms with Crippen molar-refractivity contribution < 1.29 is 4.79 Å². The molecule has 3 aromatic rings. The molecule has 9 heteroatoms. The van der Waals surface area contributed by atoms with Gasteiger partial charge in [-0.1, -0.05) is 23.2 Å². The molecule has 0 unspecified atom stereocenters. The van der Waals surface area contributed by atoms with Gasteiger partial charge in [-0.2, -0.15) is 0 Å². The van der Waals surface area contributed by atoms with Crippen LogP contribution in [-0.2, 0) is 7.05 Å². The van der Waals surface area contributed by atoms with Gasteiger partial charge in [-0.05, 0) is 18.2 Å². The van der Waals surface area contributed by atoms with Gasteiger partial charge >= 0.3 is 5.69 Å². The minimum Gasteiger partial charge on any atom is -0.350 e. The van der Waals surface area contributed by atoms with Crippen LogP contribution in [0.25, 0.3) is 10.9 Å². The number of amides is 1. The molecule has 7 nitrogen and oxygen atoms in total. The third-order valence-electron chi connectivity index (χ3n) is 3.25. The minimum atomic E-state index is -0.682. The minimum absolute atomic E-state index is 0.0418. The zero-order valence-corrected chi connectivity index (χ0v) is 13.2. The van der Waals surface area contributed by atoms with Crippen molar-refractivity contribution in [3.05, 3.63) is 61.0 Å². The van der Waals surface area contributed by atoms with Crippen molar-refractivity contribution in [2.24, 2.45) is 7.05 Å². The molecule has 0 saturated heterocycles. The molecule has 2 heterocycles. The molecule has 1 aromatic carbocycles. The van der Waals surface area contributed by atoms with E-state index in [0.29, 0.717) is 20.9 Å². The standard InChI is InChI=1S/C14H10Cl2N4O3/c1-20-5-11(13(22)19-14(20)23)18-12(21)10-4-7-8(16)2-6(15)3-9(7)17-10/h2-5,17H,1H3,(H,18,21)(H,19,22,23). The summed E-state index contributed by atoms with van der Waals surface area (Å²) in [6.07, 6.45) is 1.24. The number of hydrogen-bond donors (Lipinski definition) is 3. The third-order valence-corrected chi connectivity index (χ3v) is 3.78. The van der Waals surface area contributed by atoms with E-state index in [1.54, 1.807) is 18.2 Å². The van der Waals surface area contributed by atoms with Gasteiger partial charge in [-0.15, -0.1) is 0 Å². The number of aryl methyl sites for hydroxylation is 1. The Bertz CT molecular complexity index is 1050. The lowest BCUT2D eigenvalue weighted by atomic mass is 10.2. The first-order chi connectivity index (χ1) is 10.8. The van der Waals surface area contributed by atoms with Gasteiger partial charge < -0.3 is 14.9 Å². The molecule has 0 bridgehead atoms. The fraction of sp³-hybridized carbons (Fsp3) is 0.0714. The Morgan fingerprint density at radius 3 is 2.65 bits per heavy atom. The number of aromatic nitrogens is 3. The van der Waals surface area contributed by atoms with Crippen LogP contribution in [0.2, 0.25) is 10.0 Å². The number of hydrogen-bond acceptors (Lipinski definition) is 3. The Morgan fingerprint density at radius 1 is 1.17 bits per heavy atom. The van der Waals surface area contributed by atoms with E-state index in [1.165, 1.54) is 13.2 Å². The highest BCUT2D eigenvalue weighted by molar-refractivity contribution is 6.38. The monoisotopic (exact) mass is 352 g/mol. The van der Waals surface area contributed by atoms with E-state index in [2.05, 4.69) is 15.3 Å². The molecule has 0 aliphatic carbocycles. The van der Waals surface area contributed by atoms with Crippen LogP contribution in [0.1, 0.15) is 10.5 Å². The number of carbonyl (C=O) groups is 1. The predicted molar refractivity (Wildman–Crippen MR) is 88.6 cm³/mol. The van der Waals surface area contributed by atoms with Gasteiger partial charge in [0.25, 0.3) is 11.5 Å². The summed E-state index contributed by atoms with van der Waals surface area (Å²) in [5.74, 6) is -0.544. The molecule has 0 aliphatic rings. The van der Waals surface area contributed by atoms with Crippen molar-refractivity contribution in [3.63, 3.8) is 0 Å². The van der Waals surface area contributed by atoms with Crippen LogP contribution in [-0.4, -0.2) is 20.4 Å². The van der Waals surface area contributed by atoms with Crippen molar-refractivity contribution in [2.45, 2.75) is 0 Å². The summed E-state index contributed by atoms with van der Waals surface area (Å²) < 4.78 is 1.15. The third kappa shape index (κ3) is 2.88. The summed E-state index contributed by atoms with van der Waals surface area (Å²) in [4.78, 5) is 40.2. The van der Waals surface area contributed by atoms with Gasteiger partial charge in [0.2, 0.25) is 0 Å². The van der Waals surface area contributed by atoms with E-state index in [0.717, 1.165) is 4.57 Å². The first-order valence-electron chi connectivity index (χ1n) is 6.44. The number of H-pyrrole nitrogens is 2. The van der Waals surface area contributed by atoms with E-state index >= 15 is 0 Å². The highest BCUT2D eigenvalue weighted by Gasteiger charge is 2.14. The van der Waals surface area contributed by atoms with Crippen molar-refractivity contribution in [1.29, 1.82) is 0 Å². The average molecular weight is 353 g/mol. The molecule has 0 spiro atoms. The number of nitrogens with one attached hydrogen (secondary N) is 3. The highest BCUT2D eigenvalue weighted by atomic mass is 35.5. The zero-order valence-electron chi connectivity index (χ0n) is 11.7. The number of halogens is 2. The number of fused-ring (bicyclic) bond motifs is 1. The largest absolute Gasteiger partial charge is 0.350 e. The van der Waals surface area contributed by atoms with Gasteiger partial charge in [0.05, 0.1) is 5.02 Å². The molecule has 1 amide bonds. The summed E-state index contributed by atoms with van der Waals surface area (Å²) in [6, 6.07) is 4.76. The highest BCUT2D eigenvalue weighted by Crippen LogP contribution is 2.28. The lowest BCUT2D eigenvalue weighted by Gasteiger charge is -2.04. The SMILES string of the molecule is Cn1cc(NC(=O)c2cc3c(Cl)cc(Cl)cc3[nH]2)c(=O)[nH]c1=O. The number of nitrogens with zero attached hydrogens (tertiary/aromatic N) is 1. The molecule has 0 atom stereocenters. The van der Waals surface area contributed by atoms with Gasteiger partial charge in [0, 0.05) is 29.2 Å². The topological polar surface area (TPSA) is 99.8 Å². The molecule has 23 heavy (non-hydrogen) atoms. The van der Waals surface area contributed by atoms with E-state index in [-0.39, 0.29) is 11.4 Å². The van der Waals surface area contributed by atoms with Crippen LogP contribution in [0.5, 0.6) is 0 Å². The number of anilines is 1. The Balaban J connectivity index is 1.98.